The van der Waals surface area contributed by atoms with Crippen LogP contribution in [0.1, 0.15) is 15.9 Å². The van der Waals surface area contributed by atoms with Gasteiger partial charge in [-0.1, -0.05) is 5.16 Å². The van der Waals surface area contributed by atoms with E-state index >= 15 is 0 Å². The molecule has 7 heteroatoms. The Morgan fingerprint density at radius 1 is 0.957 bits per heavy atom. The summed E-state index contributed by atoms with van der Waals surface area (Å²) in [6.07, 6.45) is 9.00. The quantitative estimate of drug-likeness (QED) is 0.229. The molecule has 0 atom stereocenters. The van der Waals surface area contributed by atoms with Gasteiger partial charge in [0.05, 0.1) is 6.21 Å². The molecule has 4 aromatic rings. The highest BCUT2D eigenvalue weighted by Crippen LogP contribution is 2.13. The molecule has 0 amide bonds. The molecule has 3 N–H and O–H groups in total. The zero-order valence-corrected chi connectivity index (χ0v) is 12.0. The minimum absolute atomic E-state index is 0.660. The second-order valence-corrected chi connectivity index (χ2v) is 4.65. The predicted octanol–water partition coefficient (Wildman–Crippen LogP) is 2.75. The van der Waals surface area contributed by atoms with Crippen LogP contribution in [-0.2, 0) is 0 Å². The molecule has 4 heterocycles. The normalized spacial score (nSPS) is 10.8. The summed E-state index contributed by atoms with van der Waals surface area (Å²) in [7, 11) is 0. The summed E-state index contributed by atoms with van der Waals surface area (Å²) in [5.41, 5.74) is 3.05. The molecule has 4 aromatic heterocycles. The molecule has 7 nitrogen and oxygen atoms in total. The van der Waals surface area contributed by atoms with Gasteiger partial charge in [-0.05, 0) is 24.3 Å². The third kappa shape index (κ3) is 2.93. The lowest BCUT2D eigenvalue weighted by Crippen LogP contribution is -1.77. The van der Waals surface area contributed by atoms with E-state index in [1.54, 1.807) is 24.8 Å². The number of H-pyrrole nitrogens is 2. The van der Waals surface area contributed by atoms with Crippen LogP contribution < -0.4 is 0 Å². The smallest absolute Gasteiger partial charge is 0.152 e. The van der Waals surface area contributed by atoms with E-state index in [9.17, 15) is 4.79 Å². The third-order valence-corrected chi connectivity index (χ3v) is 3.29. The van der Waals surface area contributed by atoms with Crippen molar-refractivity contribution in [2.24, 2.45) is 5.16 Å². The molecule has 0 aliphatic carbocycles. The number of carbonyl (C=O) groups excluding carboxylic acids is 1. The molecular formula is C16H13N5O2. The van der Waals surface area contributed by atoms with E-state index in [0.717, 1.165) is 33.9 Å². The number of carbonyl (C=O) groups is 1. The van der Waals surface area contributed by atoms with Crippen LogP contribution in [0.25, 0.3) is 22.1 Å². The standard InChI is InChI=1S/C8H7N3O.C8H6N2O/c12-11-5-6-4-10-8-7(6)2-1-3-9-8;11-5-6-4-10-8-7(6)2-1-3-9-8/h1-5,12H,(H,9,10);1-5H,(H,9,10)/b11-5+;. The molecule has 0 aromatic carbocycles. The number of hydrogen-bond donors (Lipinski definition) is 3. The van der Waals surface area contributed by atoms with Crippen molar-refractivity contribution < 1.29 is 10.0 Å². The number of rotatable bonds is 2. The van der Waals surface area contributed by atoms with Gasteiger partial charge in [-0.15, -0.1) is 0 Å². The minimum Gasteiger partial charge on any atom is -0.411 e. The number of aromatic nitrogens is 4. The summed E-state index contributed by atoms with van der Waals surface area (Å²) in [6.45, 7) is 0. The Morgan fingerprint density at radius 2 is 1.52 bits per heavy atom. The van der Waals surface area contributed by atoms with E-state index in [0.29, 0.717) is 5.56 Å². The molecule has 0 fully saturated rings. The van der Waals surface area contributed by atoms with Crippen molar-refractivity contribution in [2.75, 3.05) is 0 Å². The summed E-state index contributed by atoms with van der Waals surface area (Å²) in [4.78, 5) is 24.4. The molecule has 0 bridgehead atoms. The van der Waals surface area contributed by atoms with Gasteiger partial charge in [-0.3, -0.25) is 4.79 Å². The van der Waals surface area contributed by atoms with Gasteiger partial charge in [0.1, 0.15) is 11.3 Å². The van der Waals surface area contributed by atoms with Gasteiger partial charge < -0.3 is 15.2 Å². The van der Waals surface area contributed by atoms with Crippen LogP contribution in [-0.4, -0.2) is 37.6 Å². The molecule has 0 saturated heterocycles. The van der Waals surface area contributed by atoms with E-state index in [2.05, 4.69) is 25.1 Å². The Bertz CT molecular complexity index is 971. The monoisotopic (exact) mass is 307 g/mol. The van der Waals surface area contributed by atoms with Crippen LogP contribution >= 0.6 is 0 Å². The maximum atomic E-state index is 10.4. The molecule has 0 aliphatic rings. The average Bonchev–Trinajstić information content (AvgIpc) is 3.20. The Labute approximate surface area is 130 Å². The molecule has 0 aliphatic heterocycles. The number of hydrogen-bond acceptors (Lipinski definition) is 5. The number of aromatic amines is 2. The second-order valence-electron chi connectivity index (χ2n) is 4.65. The highest BCUT2D eigenvalue weighted by molar-refractivity contribution is 5.97. The van der Waals surface area contributed by atoms with Gasteiger partial charge >= 0.3 is 0 Å². The van der Waals surface area contributed by atoms with Crippen molar-refractivity contribution in [3.63, 3.8) is 0 Å². The first-order valence-corrected chi connectivity index (χ1v) is 6.80. The number of nitrogens with one attached hydrogen (secondary N) is 2. The van der Waals surface area contributed by atoms with Crippen LogP contribution in [0.3, 0.4) is 0 Å². The van der Waals surface area contributed by atoms with Crippen molar-refractivity contribution in [2.45, 2.75) is 0 Å². The third-order valence-electron chi connectivity index (χ3n) is 3.29. The summed E-state index contributed by atoms with van der Waals surface area (Å²) >= 11 is 0. The van der Waals surface area contributed by atoms with Crippen molar-refractivity contribution in [3.8, 4) is 0 Å². The van der Waals surface area contributed by atoms with Crippen molar-refractivity contribution in [3.05, 3.63) is 60.2 Å². The predicted molar refractivity (Wildman–Crippen MR) is 87.0 cm³/mol. The first-order chi connectivity index (χ1) is 11.3. The summed E-state index contributed by atoms with van der Waals surface area (Å²) in [5.74, 6) is 0. The molecule has 114 valence electrons. The van der Waals surface area contributed by atoms with Crippen LogP contribution in [0.15, 0.2) is 54.2 Å². The average molecular weight is 307 g/mol. The number of aldehydes is 1. The number of nitrogens with zero attached hydrogens (tertiary/aromatic N) is 3. The molecular weight excluding hydrogens is 294 g/mol. The molecule has 0 unspecified atom stereocenters. The van der Waals surface area contributed by atoms with E-state index in [1.807, 2.05) is 24.3 Å². The maximum Gasteiger partial charge on any atom is 0.152 e. The van der Waals surface area contributed by atoms with Crippen LogP contribution in [0, 0.1) is 0 Å². The van der Waals surface area contributed by atoms with Gasteiger partial charge in [0, 0.05) is 46.7 Å². The topological polar surface area (TPSA) is 107 Å². The van der Waals surface area contributed by atoms with Crippen molar-refractivity contribution >= 4 is 34.6 Å². The summed E-state index contributed by atoms with van der Waals surface area (Å²) in [6, 6.07) is 7.42. The SMILES string of the molecule is O/N=C/c1c[nH]c2ncccc12.O=Cc1c[nH]c2ncccc12. The second kappa shape index (κ2) is 6.52. The van der Waals surface area contributed by atoms with Gasteiger partial charge in [0.15, 0.2) is 6.29 Å². The fraction of sp³-hybridized carbons (Fsp3) is 0. The van der Waals surface area contributed by atoms with E-state index in [1.165, 1.54) is 6.21 Å². The minimum atomic E-state index is 0.660. The number of fused-ring (bicyclic) bond motifs is 2. The Kier molecular flexibility index (Phi) is 4.10. The lowest BCUT2D eigenvalue weighted by atomic mass is 10.2. The Morgan fingerprint density at radius 3 is 2.09 bits per heavy atom. The lowest BCUT2D eigenvalue weighted by molar-refractivity contribution is 0.112. The highest BCUT2D eigenvalue weighted by Gasteiger charge is 2.00. The fourth-order valence-corrected chi connectivity index (χ4v) is 2.22. The van der Waals surface area contributed by atoms with Gasteiger partial charge in [0.25, 0.3) is 0 Å². The maximum absolute atomic E-state index is 10.4. The van der Waals surface area contributed by atoms with Gasteiger partial charge in [0.2, 0.25) is 0 Å². The fourth-order valence-electron chi connectivity index (χ4n) is 2.22. The largest absolute Gasteiger partial charge is 0.411 e. The highest BCUT2D eigenvalue weighted by atomic mass is 16.4. The first-order valence-electron chi connectivity index (χ1n) is 6.80. The summed E-state index contributed by atoms with van der Waals surface area (Å²) < 4.78 is 0. The molecule has 0 spiro atoms. The van der Waals surface area contributed by atoms with E-state index in [-0.39, 0.29) is 0 Å². The van der Waals surface area contributed by atoms with E-state index < -0.39 is 0 Å². The van der Waals surface area contributed by atoms with Crippen molar-refractivity contribution in [1.82, 2.24) is 19.9 Å². The zero-order chi connectivity index (χ0) is 16.1. The molecule has 0 saturated carbocycles. The summed E-state index contributed by atoms with van der Waals surface area (Å²) in [5, 5.41) is 13.1. The van der Waals surface area contributed by atoms with E-state index in [4.69, 9.17) is 5.21 Å². The van der Waals surface area contributed by atoms with Crippen molar-refractivity contribution in [1.29, 1.82) is 0 Å². The molecule has 4 rings (SSSR count). The number of pyridine rings is 2. The molecule has 23 heavy (non-hydrogen) atoms. The first kappa shape index (κ1) is 14.5. The molecule has 0 radical (unpaired) electrons. The van der Waals surface area contributed by atoms with Gasteiger partial charge in [-0.25, -0.2) is 9.97 Å². The van der Waals surface area contributed by atoms with Crippen LogP contribution in [0.2, 0.25) is 0 Å². The zero-order valence-electron chi connectivity index (χ0n) is 12.0. The van der Waals surface area contributed by atoms with Crippen LogP contribution in [0.4, 0.5) is 0 Å². The number of oxime groups is 1. The Hall–Kier alpha value is -3.48. The van der Waals surface area contributed by atoms with Gasteiger partial charge in [-0.2, -0.15) is 0 Å². The Balaban J connectivity index is 0.000000136. The van der Waals surface area contributed by atoms with Crippen LogP contribution in [0.5, 0.6) is 0 Å². The lowest BCUT2D eigenvalue weighted by Gasteiger charge is -1.87.